The van der Waals surface area contributed by atoms with E-state index in [0.29, 0.717) is 53.9 Å². The van der Waals surface area contributed by atoms with Crippen molar-refractivity contribution in [1.29, 1.82) is 0 Å². The number of hydrogen-bond donors (Lipinski definition) is 1. The van der Waals surface area contributed by atoms with Gasteiger partial charge in [0.25, 0.3) is 5.91 Å². The van der Waals surface area contributed by atoms with Gasteiger partial charge in [-0.25, -0.2) is 4.79 Å². The normalized spacial score (nSPS) is 23.1. The smallest absolute Gasteiger partial charge is 0.326 e. The fraction of sp³-hybridized carbons (Fsp3) is 0.444. The Bertz CT molecular complexity index is 1120. The maximum absolute atomic E-state index is 13.9. The molecule has 4 atom stereocenters. The summed E-state index contributed by atoms with van der Waals surface area (Å²) in [5, 5.41) is 11.2. The zero-order chi connectivity index (χ0) is 26.5. The van der Waals surface area contributed by atoms with Crippen LogP contribution in [0.1, 0.15) is 49.5 Å². The number of carbonyl (C=O) groups is 3. The Morgan fingerprint density at radius 2 is 1.76 bits per heavy atom. The Balaban J connectivity index is 1.79. The quantitative estimate of drug-likeness (QED) is 0.521. The average molecular weight is 549 g/mol. The van der Waals surface area contributed by atoms with Crippen LogP contribution in [0, 0.1) is 0 Å². The number of nitrogens with zero attached hydrogens (tertiary/aromatic N) is 2. The summed E-state index contributed by atoms with van der Waals surface area (Å²) >= 11 is 12.4. The summed E-state index contributed by atoms with van der Waals surface area (Å²) in [7, 11) is 0. The lowest BCUT2D eigenvalue weighted by atomic mass is 9.89. The molecule has 8 nitrogen and oxygen atoms in total. The highest BCUT2D eigenvalue weighted by atomic mass is 35.5. The number of hydrogen-bond acceptors (Lipinski definition) is 5. The van der Waals surface area contributed by atoms with E-state index in [1.54, 1.807) is 47.4 Å². The Hall–Kier alpha value is -2.65. The lowest BCUT2D eigenvalue weighted by molar-refractivity contribution is -0.187. The maximum atomic E-state index is 13.9. The highest BCUT2D eigenvalue weighted by Gasteiger charge is 2.49. The van der Waals surface area contributed by atoms with Crippen molar-refractivity contribution in [2.75, 3.05) is 26.3 Å². The molecule has 2 amide bonds. The lowest BCUT2D eigenvalue weighted by Gasteiger charge is -2.47. The third-order valence-corrected chi connectivity index (χ3v) is 7.21. The zero-order valence-electron chi connectivity index (χ0n) is 20.5. The van der Waals surface area contributed by atoms with Crippen LogP contribution in [0.5, 0.6) is 0 Å². The fourth-order valence-electron chi connectivity index (χ4n) is 4.94. The maximum Gasteiger partial charge on any atom is 0.326 e. The minimum atomic E-state index is -1.15. The van der Waals surface area contributed by atoms with E-state index >= 15 is 0 Å². The zero-order valence-corrected chi connectivity index (χ0v) is 22.0. The van der Waals surface area contributed by atoms with Crippen LogP contribution >= 0.6 is 23.2 Å². The van der Waals surface area contributed by atoms with Crippen molar-refractivity contribution in [3.8, 4) is 0 Å². The SMILES string of the molecule is CCC[C@H](C(=O)O)N1C(=O)[C@H](CC(=O)N2CCOCC2)O[C@@H](c2cccc(Cl)c2)[C@H]1c1ccc(Cl)cc1. The van der Waals surface area contributed by atoms with E-state index in [2.05, 4.69) is 0 Å². The number of carboxylic acids is 1. The van der Waals surface area contributed by atoms with Crippen LogP contribution in [0.15, 0.2) is 48.5 Å². The lowest BCUT2D eigenvalue weighted by Crippen LogP contribution is -2.57. The highest BCUT2D eigenvalue weighted by Crippen LogP contribution is 2.44. The molecule has 2 saturated heterocycles. The number of aliphatic carboxylic acids is 1. The van der Waals surface area contributed by atoms with Gasteiger partial charge in [-0.05, 0) is 41.8 Å². The van der Waals surface area contributed by atoms with Crippen LogP contribution in [0.25, 0.3) is 0 Å². The molecule has 2 aliphatic heterocycles. The van der Waals surface area contributed by atoms with Gasteiger partial charge in [0.05, 0.1) is 25.7 Å². The molecule has 1 N–H and O–H groups in total. The molecule has 0 aromatic heterocycles. The summed E-state index contributed by atoms with van der Waals surface area (Å²) in [5.41, 5.74) is 1.34. The second-order valence-corrected chi connectivity index (χ2v) is 10.1. The monoisotopic (exact) mass is 548 g/mol. The second kappa shape index (κ2) is 12.3. The molecule has 0 bridgehead atoms. The molecule has 2 aliphatic rings. The van der Waals surface area contributed by atoms with Crippen molar-refractivity contribution in [3.05, 3.63) is 69.7 Å². The predicted octanol–water partition coefficient (Wildman–Crippen LogP) is 4.51. The van der Waals surface area contributed by atoms with Crippen LogP contribution in [0.4, 0.5) is 0 Å². The molecule has 2 aromatic carbocycles. The van der Waals surface area contributed by atoms with Crippen LogP contribution in [0.2, 0.25) is 10.0 Å². The number of benzene rings is 2. The van der Waals surface area contributed by atoms with Crippen LogP contribution < -0.4 is 0 Å². The van der Waals surface area contributed by atoms with Crippen molar-refractivity contribution < 1.29 is 29.0 Å². The summed E-state index contributed by atoms with van der Waals surface area (Å²) in [6, 6.07) is 12.1. The first-order valence-electron chi connectivity index (χ1n) is 12.4. The third-order valence-electron chi connectivity index (χ3n) is 6.72. The van der Waals surface area contributed by atoms with Gasteiger partial charge >= 0.3 is 5.97 Å². The van der Waals surface area contributed by atoms with Gasteiger partial charge in [0.15, 0.2) is 0 Å². The number of halogens is 2. The highest BCUT2D eigenvalue weighted by molar-refractivity contribution is 6.30. The van der Waals surface area contributed by atoms with Crippen molar-refractivity contribution in [3.63, 3.8) is 0 Å². The summed E-state index contributed by atoms with van der Waals surface area (Å²) < 4.78 is 11.7. The Kier molecular flexibility index (Phi) is 9.08. The topological polar surface area (TPSA) is 96.4 Å². The average Bonchev–Trinajstić information content (AvgIpc) is 2.89. The van der Waals surface area contributed by atoms with Crippen LogP contribution in [-0.4, -0.2) is 71.1 Å². The Morgan fingerprint density at radius 3 is 2.38 bits per heavy atom. The molecule has 4 rings (SSSR count). The number of morpholine rings is 2. The van der Waals surface area contributed by atoms with Gasteiger partial charge in [-0.15, -0.1) is 0 Å². The second-order valence-electron chi connectivity index (χ2n) is 9.18. The van der Waals surface area contributed by atoms with Crippen molar-refractivity contribution >= 4 is 41.0 Å². The van der Waals surface area contributed by atoms with Gasteiger partial charge in [0.1, 0.15) is 18.2 Å². The summed E-state index contributed by atoms with van der Waals surface area (Å²) in [6.07, 6.45) is -1.32. The van der Waals surface area contributed by atoms with Gasteiger partial charge in [-0.3, -0.25) is 9.59 Å². The van der Waals surface area contributed by atoms with Gasteiger partial charge in [0, 0.05) is 23.1 Å². The molecule has 2 heterocycles. The minimum Gasteiger partial charge on any atom is -0.480 e. The van der Waals surface area contributed by atoms with E-state index in [-0.39, 0.29) is 18.7 Å². The number of carbonyl (C=O) groups excluding carboxylic acids is 2. The van der Waals surface area contributed by atoms with Crippen LogP contribution in [0.3, 0.4) is 0 Å². The van der Waals surface area contributed by atoms with Crippen molar-refractivity contribution in [1.82, 2.24) is 9.80 Å². The summed E-state index contributed by atoms with van der Waals surface area (Å²) in [6.45, 7) is 3.59. The first-order valence-corrected chi connectivity index (χ1v) is 13.1. The molecule has 2 aromatic rings. The molecule has 37 heavy (non-hydrogen) atoms. The molecule has 0 unspecified atom stereocenters. The van der Waals surface area contributed by atoms with E-state index < -0.39 is 36.2 Å². The van der Waals surface area contributed by atoms with Gasteiger partial charge in [-0.2, -0.15) is 0 Å². The van der Waals surface area contributed by atoms with E-state index in [1.165, 1.54) is 4.90 Å². The largest absolute Gasteiger partial charge is 0.480 e. The van der Waals surface area contributed by atoms with Gasteiger partial charge in [0.2, 0.25) is 5.91 Å². The molecule has 198 valence electrons. The Morgan fingerprint density at radius 1 is 1.05 bits per heavy atom. The van der Waals surface area contributed by atoms with E-state index in [1.807, 2.05) is 13.0 Å². The summed E-state index contributed by atoms with van der Waals surface area (Å²) in [4.78, 5) is 42.6. The molecule has 0 saturated carbocycles. The molecular weight excluding hydrogens is 519 g/mol. The molecule has 0 radical (unpaired) electrons. The molecule has 0 spiro atoms. The first-order chi connectivity index (χ1) is 17.8. The standard InChI is InChI=1S/C27H30Cl2N2O6/c1-2-4-21(27(34)35)31-24(17-7-9-19(28)10-8-17)25(18-5-3-6-20(29)15-18)37-22(26(31)33)16-23(32)30-11-13-36-14-12-30/h3,5-10,15,21-22,24-25H,2,4,11-14,16H2,1H3,(H,34,35)/t21-,22+,24-,25+/m1/s1. The molecule has 2 fully saturated rings. The number of amides is 2. The molecular formula is C27H30Cl2N2O6. The molecule has 0 aliphatic carbocycles. The number of carboxylic acid groups (broad SMARTS) is 1. The van der Waals surface area contributed by atoms with Gasteiger partial charge in [-0.1, -0.05) is 60.8 Å². The van der Waals surface area contributed by atoms with E-state index in [0.717, 1.165) is 0 Å². The first kappa shape index (κ1) is 27.4. The van der Waals surface area contributed by atoms with E-state index in [9.17, 15) is 19.5 Å². The number of ether oxygens (including phenoxy) is 2. The fourth-order valence-corrected chi connectivity index (χ4v) is 5.26. The predicted molar refractivity (Wildman–Crippen MR) is 138 cm³/mol. The minimum absolute atomic E-state index is 0.196. The van der Waals surface area contributed by atoms with Crippen molar-refractivity contribution in [2.45, 2.75) is 50.5 Å². The van der Waals surface area contributed by atoms with E-state index in [4.69, 9.17) is 32.7 Å². The molecule has 10 heteroatoms. The third kappa shape index (κ3) is 6.26. The number of rotatable bonds is 8. The Labute approximate surface area is 226 Å². The summed E-state index contributed by atoms with van der Waals surface area (Å²) in [5.74, 6) is -1.88. The van der Waals surface area contributed by atoms with Gasteiger partial charge < -0.3 is 24.4 Å². The van der Waals surface area contributed by atoms with Crippen LogP contribution in [-0.2, 0) is 23.9 Å². The van der Waals surface area contributed by atoms with Crippen molar-refractivity contribution in [2.24, 2.45) is 0 Å².